The molecule has 0 spiro atoms. The number of quaternary nitrogens is 1. The number of carbonyl (C=O) groups is 2. The number of amides is 1. The molecule has 1 amide bonds. The van der Waals surface area contributed by atoms with Crippen molar-refractivity contribution < 1.29 is 24.0 Å². The fraction of sp³-hybridized carbons (Fsp3) is 0.538. The molecule has 0 bridgehead atoms. The van der Waals surface area contributed by atoms with E-state index in [1.165, 1.54) is 0 Å². The Balaban J connectivity index is 1.67. The lowest BCUT2D eigenvalue weighted by molar-refractivity contribution is -0.897. The van der Waals surface area contributed by atoms with E-state index in [1.807, 2.05) is 0 Å². The van der Waals surface area contributed by atoms with Crippen molar-refractivity contribution in [2.24, 2.45) is 5.92 Å². The van der Waals surface area contributed by atoms with E-state index >= 15 is 0 Å². The van der Waals surface area contributed by atoms with Gasteiger partial charge in [0.2, 0.25) is 0 Å². The van der Waals surface area contributed by atoms with Crippen LogP contribution in [0, 0.1) is 5.92 Å². The maximum atomic E-state index is 11.7. The average Bonchev–Trinajstić information content (AvgIpc) is 2.90. The molecule has 0 radical (unpaired) electrons. The smallest absolute Gasteiger partial charge is 0.275 e. The van der Waals surface area contributed by atoms with E-state index in [2.05, 4.69) is 5.32 Å². The number of nitrogens with one attached hydrogen (secondary N) is 2. The molecule has 104 valence electrons. The van der Waals surface area contributed by atoms with Crippen LogP contribution in [0.3, 0.4) is 0 Å². The summed E-state index contributed by atoms with van der Waals surface area (Å²) in [5, 5.41) is 13.5. The van der Waals surface area contributed by atoms with Crippen LogP contribution in [-0.4, -0.2) is 31.5 Å². The Morgan fingerprint density at radius 1 is 1.42 bits per heavy atom. The molecule has 0 aliphatic carbocycles. The van der Waals surface area contributed by atoms with Crippen molar-refractivity contribution in [3.63, 3.8) is 0 Å². The predicted molar refractivity (Wildman–Crippen MR) is 63.8 cm³/mol. The van der Waals surface area contributed by atoms with Crippen molar-refractivity contribution in [2.45, 2.75) is 19.4 Å². The first-order chi connectivity index (χ1) is 9.15. The van der Waals surface area contributed by atoms with Crippen LogP contribution >= 0.6 is 0 Å². The summed E-state index contributed by atoms with van der Waals surface area (Å²) in [7, 11) is 0. The van der Waals surface area contributed by atoms with E-state index in [-0.39, 0.29) is 11.8 Å². The maximum absolute atomic E-state index is 11.7. The van der Waals surface area contributed by atoms with Crippen LogP contribution in [0.25, 0.3) is 0 Å². The van der Waals surface area contributed by atoms with Crippen molar-refractivity contribution in [2.75, 3.05) is 19.6 Å². The third kappa shape index (κ3) is 4.10. The lowest BCUT2D eigenvalue weighted by atomic mass is 9.97. The summed E-state index contributed by atoms with van der Waals surface area (Å²) >= 11 is 0. The van der Waals surface area contributed by atoms with Gasteiger partial charge in [0.25, 0.3) is 5.91 Å². The van der Waals surface area contributed by atoms with E-state index in [4.69, 9.17) is 4.42 Å². The number of piperidine rings is 1. The molecule has 19 heavy (non-hydrogen) atoms. The van der Waals surface area contributed by atoms with Gasteiger partial charge in [-0.15, -0.1) is 0 Å². The maximum Gasteiger partial charge on any atom is 0.275 e. The van der Waals surface area contributed by atoms with Gasteiger partial charge in [-0.05, 0) is 12.1 Å². The summed E-state index contributed by atoms with van der Waals surface area (Å²) in [4.78, 5) is 23.5. The number of hydrogen-bond acceptors (Lipinski definition) is 4. The first-order valence-electron chi connectivity index (χ1n) is 6.48. The zero-order valence-electron chi connectivity index (χ0n) is 10.7. The number of furan rings is 1. The van der Waals surface area contributed by atoms with Crippen LogP contribution < -0.4 is 15.3 Å². The Hall–Kier alpha value is -1.82. The quantitative estimate of drug-likeness (QED) is 0.641. The first-order valence-corrected chi connectivity index (χ1v) is 6.48. The Labute approximate surface area is 111 Å². The zero-order valence-corrected chi connectivity index (χ0v) is 10.7. The second-order valence-corrected chi connectivity index (χ2v) is 4.88. The average molecular weight is 266 g/mol. The summed E-state index contributed by atoms with van der Waals surface area (Å²) < 4.78 is 5.12. The van der Waals surface area contributed by atoms with E-state index in [0.717, 1.165) is 10.7 Å². The standard InChI is InChI=1S/C13H18N2O4/c16-12(14-8-11-2-1-7-19-11)9-15-5-3-10(4-6-15)13(17)18/h1-2,7,10H,3-6,8-9H2,(H,14,16)(H,17,18). The third-order valence-corrected chi connectivity index (χ3v) is 3.48. The first kappa shape index (κ1) is 13.6. The van der Waals surface area contributed by atoms with Gasteiger partial charge in [-0.3, -0.25) is 4.79 Å². The largest absolute Gasteiger partial charge is 0.550 e. The summed E-state index contributed by atoms with van der Waals surface area (Å²) in [6.07, 6.45) is 2.74. The lowest BCUT2D eigenvalue weighted by Gasteiger charge is -2.29. The minimum atomic E-state index is -0.971. The Morgan fingerprint density at radius 2 is 2.16 bits per heavy atom. The summed E-state index contributed by atoms with van der Waals surface area (Å²) in [6.45, 7) is 2.17. The number of rotatable bonds is 5. The minimum Gasteiger partial charge on any atom is -0.550 e. The van der Waals surface area contributed by atoms with Crippen LogP contribution in [0.15, 0.2) is 22.8 Å². The number of likely N-dealkylation sites (tertiary alicyclic amines) is 1. The second-order valence-electron chi connectivity index (χ2n) is 4.88. The summed E-state index contributed by atoms with van der Waals surface area (Å²) in [5.74, 6) is -0.645. The van der Waals surface area contributed by atoms with Crippen molar-refractivity contribution in [1.29, 1.82) is 0 Å². The van der Waals surface area contributed by atoms with Crippen LogP contribution in [-0.2, 0) is 16.1 Å². The number of carbonyl (C=O) groups excluding carboxylic acids is 2. The molecule has 1 fully saturated rings. The van der Waals surface area contributed by atoms with Crippen molar-refractivity contribution in [3.05, 3.63) is 24.2 Å². The van der Waals surface area contributed by atoms with Crippen molar-refractivity contribution >= 4 is 11.9 Å². The normalized spacial score (nSPS) is 22.9. The molecule has 2 rings (SSSR count). The minimum absolute atomic E-state index is 0.0432. The van der Waals surface area contributed by atoms with Crippen LogP contribution in [0.1, 0.15) is 18.6 Å². The second kappa shape index (κ2) is 6.38. The third-order valence-electron chi connectivity index (χ3n) is 3.48. The molecule has 0 saturated carbocycles. The van der Waals surface area contributed by atoms with Gasteiger partial charge in [-0.25, -0.2) is 0 Å². The zero-order chi connectivity index (χ0) is 13.7. The van der Waals surface area contributed by atoms with Crippen LogP contribution in [0.2, 0.25) is 0 Å². The molecule has 1 aliphatic heterocycles. The summed E-state index contributed by atoms with van der Waals surface area (Å²) in [5.41, 5.74) is 0. The Morgan fingerprint density at radius 3 is 2.74 bits per heavy atom. The van der Waals surface area contributed by atoms with Crippen molar-refractivity contribution in [3.8, 4) is 0 Å². The van der Waals surface area contributed by atoms with Crippen LogP contribution in [0.5, 0.6) is 0 Å². The monoisotopic (exact) mass is 266 g/mol. The number of aliphatic carboxylic acids is 1. The molecule has 1 saturated heterocycles. The van der Waals surface area contributed by atoms with E-state index < -0.39 is 5.97 Å². The molecule has 0 unspecified atom stereocenters. The predicted octanol–water partition coefficient (Wildman–Crippen LogP) is -2.06. The highest BCUT2D eigenvalue weighted by molar-refractivity contribution is 5.76. The van der Waals surface area contributed by atoms with Crippen LogP contribution in [0.4, 0.5) is 0 Å². The van der Waals surface area contributed by atoms with E-state index in [0.29, 0.717) is 39.0 Å². The van der Waals surface area contributed by atoms with E-state index in [9.17, 15) is 14.7 Å². The molecule has 6 heteroatoms. The lowest BCUT2D eigenvalue weighted by Crippen LogP contribution is -3.14. The number of carboxylic acid groups (broad SMARTS) is 1. The Kier molecular flexibility index (Phi) is 4.57. The summed E-state index contributed by atoms with van der Waals surface area (Å²) in [6, 6.07) is 3.58. The molecule has 1 aliphatic rings. The van der Waals surface area contributed by atoms with Gasteiger partial charge < -0.3 is 24.5 Å². The molecule has 2 N–H and O–H groups in total. The highest BCUT2D eigenvalue weighted by atomic mass is 16.4. The molecule has 1 aromatic rings. The Bertz CT molecular complexity index is 422. The van der Waals surface area contributed by atoms with Gasteiger partial charge in [0.05, 0.1) is 25.9 Å². The van der Waals surface area contributed by atoms with Crippen molar-refractivity contribution in [1.82, 2.24) is 5.32 Å². The van der Waals surface area contributed by atoms with Gasteiger partial charge >= 0.3 is 0 Å². The number of hydrogen-bond donors (Lipinski definition) is 2. The molecule has 1 aromatic heterocycles. The topological polar surface area (TPSA) is 86.8 Å². The van der Waals surface area contributed by atoms with E-state index in [1.54, 1.807) is 18.4 Å². The fourth-order valence-corrected chi connectivity index (χ4v) is 2.33. The van der Waals surface area contributed by atoms with Gasteiger partial charge in [0.15, 0.2) is 6.54 Å². The molecule has 0 atom stereocenters. The van der Waals surface area contributed by atoms with Gasteiger partial charge in [0, 0.05) is 24.7 Å². The molecule has 2 heterocycles. The molecular weight excluding hydrogens is 248 g/mol. The fourth-order valence-electron chi connectivity index (χ4n) is 2.33. The molecular formula is C13H18N2O4. The van der Waals surface area contributed by atoms with Gasteiger partial charge in [-0.1, -0.05) is 0 Å². The van der Waals surface area contributed by atoms with Gasteiger partial charge in [-0.2, -0.15) is 0 Å². The number of carboxylic acids is 1. The highest BCUT2D eigenvalue weighted by Gasteiger charge is 2.24. The SMILES string of the molecule is O=C(C[NH+]1CCC(C(=O)[O-])CC1)NCc1ccco1. The molecule has 0 aromatic carbocycles. The molecule has 6 nitrogen and oxygen atoms in total. The van der Waals surface area contributed by atoms with Gasteiger partial charge in [0.1, 0.15) is 5.76 Å². The highest BCUT2D eigenvalue weighted by Crippen LogP contribution is 2.07.